The summed E-state index contributed by atoms with van der Waals surface area (Å²) in [7, 11) is 0. The molecule has 182 valence electrons. The minimum absolute atomic E-state index is 0.0438. The molecule has 2 aromatic rings. The highest BCUT2D eigenvalue weighted by atomic mass is 35.5. The number of aliphatic imine (C=N–C) groups is 1. The summed E-state index contributed by atoms with van der Waals surface area (Å²) in [4.78, 5) is 20.3. The summed E-state index contributed by atoms with van der Waals surface area (Å²) >= 11 is 7.70. The number of nitrogens with zero attached hydrogens (tertiary/aromatic N) is 2. The van der Waals surface area contributed by atoms with E-state index in [-0.39, 0.29) is 24.2 Å². The molecule has 1 saturated carbocycles. The van der Waals surface area contributed by atoms with Crippen LogP contribution in [0.4, 0.5) is 10.1 Å². The normalized spacial score (nSPS) is 18.8. The van der Waals surface area contributed by atoms with Crippen LogP contribution < -0.4 is 9.47 Å². The smallest absolute Gasteiger partial charge is 0.267 e. The molecule has 5 nitrogen and oxygen atoms in total. The first-order chi connectivity index (χ1) is 17.0. The van der Waals surface area contributed by atoms with E-state index in [1.54, 1.807) is 41.3 Å². The molecule has 1 amide bonds. The number of thioether (sulfide) groups is 1. The molecule has 0 atom stereocenters. The fourth-order valence-corrected chi connectivity index (χ4v) is 5.54. The number of amides is 1. The molecule has 2 aromatic carbocycles. The van der Waals surface area contributed by atoms with Crippen LogP contribution in [0, 0.1) is 18.2 Å². The lowest BCUT2D eigenvalue weighted by atomic mass is 9.94. The van der Waals surface area contributed by atoms with Crippen molar-refractivity contribution in [2.45, 2.75) is 45.1 Å². The molecule has 4 rings (SSSR count). The van der Waals surface area contributed by atoms with Crippen molar-refractivity contribution in [2.24, 2.45) is 4.99 Å². The van der Waals surface area contributed by atoms with E-state index in [9.17, 15) is 9.18 Å². The van der Waals surface area contributed by atoms with E-state index >= 15 is 0 Å². The lowest BCUT2D eigenvalue weighted by Crippen LogP contribution is -2.40. The zero-order valence-electron chi connectivity index (χ0n) is 19.4. The molecule has 1 aliphatic heterocycles. The van der Waals surface area contributed by atoms with Crippen LogP contribution in [0.5, 0.6) is 11.5 Å². The molecule has 8 heteroatoms. The Morgan fingerprint density at radius 3 is 2.74 bits per heavy atom. The number of carbonyl (C=O) groups is 1. The molecule has 0 aromatic heterocycles. The summed E-state index contributed by atoms with van der Waals surface area (Å²) in [6, 6.07) is 9.83. The highest BCUT2D eigenvalue weighted by Gasteiger charge is 2.38. The van der Waals surface area contributed by atoms with Crippen LogP contribution in [-0.2, 0) is 4.79 Å². The van der Waals surface area contributed by atoms with Crippen LogP contribution in [0.1, 0.15) is 44.6 Å². The third-order valence-electron chi connectivity index (χ3n) is 5.77. The van der Waals surface area contributed by atoms with E-state index < -0.39 is 5.82 Å². The lowest BCUT2D eigenvalue weighted by molar-refractivity contribution is -0.124. The number of hydrogen-bond acceptors (Lipinski definition) is 5. The van der Waals surface area contributed by atoms with E-state index in [0.717, 1.165) is 32.1 Å². The second-order valence-corrected chi connectivity index (χ2v) is 9.60. The van der Waals surface area contributed by atoms with Gasteiger partial charge in [-0.15, -0.1) is 6.42 Å². The first-order valence-corrected chi connectivity index (χ1v) is 12.8. The largest absolute Gasteiger partial charge is 0.490 e. The molecular formula is C27H26ClFN2O3S. The van der Waals surface area contributed by atoms with Gasteiger partial charge in [-0.3, -0.25) is 9.69 Å². The van der Waals surface area contributed by atoms with Crippen molar-refractivity contribution in [3.63, 3.8) is 0 Å². The molecule has 1 aliphatic carbocycles. The molecule has 1 saturated heterocycles. The Morgan fingerprint density at radius 2 is 2.03 bits per heavy atom. The number of hydrogen-bond donors (Lipinski definition) is 0. The Labute approximate surface area is 214 Å². The van der Waals surface area contributed by atoms with E-state index in [1.807, 2.05) is 6.92 Å². The van der Waals surface area contributed by atoms with E-state index in [1.165, 1.54) is 17.8 Å². The third-order valence-corrected chi connectivity index (χ3v) is 7.04. The summed E-state index contributed by atoms with van der Waals surface area (Å²) in [5.41, 5.74) is 0.889. The van der Waals surface area contributed by atoms with Gasteiger partial charge in [-0.2, -0.15) is 0 Å². The number of para-hydroxylation sites is 1. The number of halogens is 2. The Kier molecular flexibility index (Phi) is 8.37. The van der Waals surface area contributed by atoms with Crippen LogP contribution in [0.3, 0.4) is 0 Å². The van der Waals surface area contributed by atoms with Gasteiger partial charge < -0.3 is 9.47 Å². The van der Waals surface area contributed by atoms with Crippen molar-refractivity contribution in [2.75, 3.05) is 13.2 Å². The first kappa shape index (κ1) is 25.2. The van der Waals surface area contributed by atoms with Gasteiger partial charge in [-0.05, 0) is 67.4 Å². The van der Waals surface area contributed by atoms with Crippen molar-refractivity contribution in [3.05, 3.63) is 57.7 Å². The van der Waals surface area contributed by atoms with Crippen LogP contribution in [0.25, 0.3) is 6.08 Å². The van der Waals surface area contributed by atoms with E-state index in [4.69, 9.17) is 27.5 Å². The molecule has 0 radical (unpaired) electrons. The summed E-state index contributed by atoms with van der Waals surface area (Å²) in [5, 5.41) is 0.821. The topological polar surface area (TPSA) is 51.1 Å². The van der Waals surface area contributed by atoms with Crippen LogP contribution in [0.15, 0.2) is 46.3 Å². The maximum absolute atomic E-state index is 14.4. The average Bonchev–Trinajstić information content (AvgIpc) is 3.15. The second kappa shape index (κ2) is 11.7. The predicted molar refractivity (Wildman–Crippen MR) is 140 cm³/mol. The van der Waals surface area contributed by atoms with Crippen molar-refractivity contribution in [1.29, 1.82) is 0 Å². The van der Waals surface area contributed by atoms with Crippen LogP contribution in [-0.4, -0.2) is 35.2 Å². The van der Waals surface area contributed by atoms with E-state index in [0.29, 0.717) is 38.8 Å². The third kappa shape index (κ3) is 5.83. The summed E-state index contributed by atoms with van der Waals surface area (Å²) < 4.78 is 25.6. The van der Waals surface area contributed by atoms with Gasteiger partial charge in [0.1, 0.15) is 18.1 Å². The quantitative estimate of drug-likeness (QED) is 0.301. The fraction of sp³-hybridized carbons (Fsp3) is 0.333. The van der Waals surface area contributed by atoms with Gasteiger partial charge in [0.25, 0.3) is 5.91 Å². The zero-order chi connectivity index (χ0) is 24.8. The summed E-state index contributed by atoms with van der Waals surface area (Å²) in [6.45, 7) is 2.32. The van der Waals surface area contributed by atoms with Gasteiger partial charge in [0.05, 0.1) is 16.5 Å². The minimum atomic E-state index is -0.426. The van der Waals surface area contributed by atoms with E-state index in [2.05, 4.69) is 10.9 Å². The first-order valence-electron chi connectivity index (χ1n) is 11.6. The fourth-order valence-electron chi connectivity index (χ4n) is 4.21. The van der Waals surface area contributed by atoms with Crippen LogP contribution in [0.2, 0.25) is 5.02 Å². The van der Waals surface area contributed by atoms with Gasteiger partial charge in [-0.25, -0.2) is 9.38 Å². The molecule has 35 heavy (non-hydrogen) atoms. The number of terminal acetylenes is 1. The maximum atomic E-state index is 14.4. The number of carbonyl (C=O) groups excluding carboxylic acids is 1. The SMILES string of the molecule is C#CCOc1c(Cl)cc(/C=C2\SC(=Nc3ccccc3F)N(C3CCCCC3)C2=O)cc1OCC. The number of amidine groups is 1. The zero-order valence-corrected chi connectivity index (χ0v) is 21.0. The van der Waals surface area contributed by atoms with Gasteiger partial charge in [0, 0.05) is 6.04 Å². The van der Waals surface area contributed by atoms with Crippen molar-refractivity contribution >= 4 is 46.2 Å². The monoisotopic (exact) mass is 512 g/mol. The lowest BCUT2D eigenvalue weighted by Gasteiger charge is -2.30. The predicted octanol–water partition coefficient (Wildman–Crippen LogP) is 6.83. The minimum Gasteiger partial charge on any atom is -0.490 e. The molecular weight excluding hydrogens is 487 g/mol. The molecule has 0 unspecified atom stereocenters. The van der Waals surface area contributed by atoms with Crippen molar-refractivity contribution in [1.82, 2.24) is 4.90 Å². The average molecular weight is 513 g/mol. The van der Waals surface area contributed by atoms with Crippen molar-refractivity contribution < 1.29 is 18.7 Å². The molecule has 2 fully saturated rings. The standard InChI is InChI=1S/C27H26ClFN2O3S/c1-3-14-34-25-20(28)15-18(16-23(25)33-4-2)17-24-26(32)31(19-10-6-5-7-11-19)27(35-24)30-22-13-9-8-12-21(22)29/h1,8-9,12-13,15-17,19H,4-7,10-11,14H2,2H3/b24-17-,30-27?. The molecule has 1 heterocycles. The second-order valence-electron chi connectivity index (χ2n) is 8.18. The van der Waals surface area contributed by atoms with Gasteiger partial charge >= 0.3 is 0 Å². The van der Waals surface area contributed by atoms with Crippen molar-refractivity contribution in [3.8, 4) is 23.8 Å². The van der Waals surface area contributed by atoms with Gasteiger partial charge in [-0.1, -0.05) is 48.9 Å². The van der Waals surface area contributed by atoms with Crippen LogP contribution >= 0.6 is 23.4 Å². The van der Waals surface area contributed by atoms with Gasteiger partial charge in [0.2, 0.25) is 0 Å². The summed E-state index contributed by atoms with van der Waals surface area (Å²) in [6.07, 6.45) is 12.1. The Bertz CT molecular complexity index is 1200. The number of benzene rings is 2. The maximum Gasteiger partial charge on any atom is 0.267 e. The number of rotatable bonds is 7. The Hall–Kier alpha value is -2.95. The Balaban J connectivity index is 1.72. The molecule has 0 N–H and O–H groups in total. The highest BCUT2D eigenvalue weighted by molar-refractivity contribution is 8.18. The highest BCUT2D eigenvalue weighted by Crippen LogP contribution is 2.41. The van der Waals surface area contributed by atoms with Gasteiger partial charge in [0.15, 0.2) is 16.7 Å². The Morgan fingerprint density at radius 1 is 1.26 bits per heavy atom. The molecule has 2 aliphatic rings. The molecule has 0 bridgehead atoms. The summed E-state index contributed by atoms with van der Waals surface area (Å²) in [5.74, 6) is 2.66. The number of ether oxygens (including phenoxy) is 2. The molecule has 0 spiro atoms.